The first-order valence-electron chi connectivity index (χ1n) is 10.3. The zero-order chi connectivity index (χ0) is 21.3. The maximum absolute atomic E-state index is 12.6. The van der Waals surface area contributed by atoms with E-state index in [2.05, 4.69) is 40.8 Å². The highest BCUT2D eigenvalue weighted by Gasteiger charge is 2.20. The summed E-state index contributed by atoms with van der Waals surface area (Å²) in [5, 5.41) is 5.56. The van der Waals surface area contributed by atoms with E-state index in [0.717, 1.165) is 47.5 Å². The zero-order valence-corrected chi connectivity index (χ0v) is 18.4. The van der Waals surface area contributed by atoms with Gasteiger partial charge < -0.3 is 4.90 Å². The van der Waals surface area contributed by atoms with E-state index in [1.165, 1.54) is 16.9 Å². The number of hydrogen-bond acceptors (Lipinski definition) is 5. The Morgan fingerprint density at radius 1 is 1.23 bits per heavy atom. The molecule has 0 radical (unpaired) electrons. The van der Waals surface area contributed by atoms with Crippen molar-refractivity contribution >= 4 is 39.1 Å². The quantitative estimate of drug-likeness (QED) is 0.615. The van der Waals surface area contributed by atoms with Crippen molar-refractivity contribution in [3.8, 4) is 0 Å². The van der Waals surface area contributed by atoms with Crippen molar-refractivity contribution < 1.29 is 9.59 Å². The van der Waals surface area contributed by atoms with Gasteiger partial charge in [-0.2, -0.15) is 5.10 Å². The molecular weight excluding hydrogens is 398 g/mol. The maximum Gasteiger partial charge on any atom is 0.279 e. The minimum atomic E-state index is -0.306. The number of hydrogen-bond donors (Lipinski definition) is 2. The van der Waals surface area contributed by atoms with Gasteiger partial charge in [0.25, 0.3) is 11.8 Å². The van der Waals surface area contributed by atoms with Crippen LogP contribution in [0.2, 0.25) is 0 Å². The van der Waals surface area contributed by atoms with Gasteiger partial charge in [0, 0.05) is 24.2 Å². The molecule has 4 rings (SSSR count). The predicted octanol–water partition coefficient (Wildman–Crippen LogP) is 3.28. The molecule has 30 heavy (non-hydrogen) atoms. The SMILES string of the molecule is Cc1nn(CC(C)C)c2sc(C(=O)NNC(=O)CN3CCCc4ccccc43)cc12. The first kappa shape index (κ1) is 20.4. The van der Waals surface area contributed by atoms with Crippen molar-refractivity contribution in [3.05, 3.63) is 46.5 Å². The van der Waals surface area contributed by atoms with Gasteiger partial charge in [-0.3, -0.25) is 25.1 Å². The number of para-hydroxylation sites is 1. The van der Waals surface area contributed by atoms with E-state index >= 15 is 0 Å². The number of carbonyl (C=O) groups is 2. The number of thiophene rings is 1. The second-order valence-electron chi connectivity index (χ2n) is 8.15. The summed E-state index contributed by atoms with van der Waals surface area (Å²) >= 11 is 1.40. The second-order valence-corrected chi connectivity index (χ2v) is 9.18. The van der Waals surface area contributed by atoms with Crippen molar-refractivity contribution in [1.29, 1.82) is 0 Å². The molecule has 0 unspecified atom stereocenters. The number of benzene rings is 1. The molecule has 158 valence electrons. The fourth-order valence-electron chi connectivity index (χ4n) is 3.87. The summed E-state index contributed by atoms with van der Waals surface area (Å²) in [6.45, 7) is 8.08. The third kappa shape index (κ3) is 4.18. The van der Waals surface area contributed by atoms with Gasteiger partial charge in [0.05, 0.1) is 17.1 Å². The molecular formula is C22H27N5O2S. The van der Waals surface area contributed by atoms with Crippen LogP contribution in [0.15, 0.2) is 30.3 Å². The average molecular weight is 426 g/mol. The molecule has 2 N–H and O–H groups in total. The lowest BCUT2D eigenvalue weighted by molar-refractivity contribution is -0.120. The van der Waals surface area contributed by atoms with Crippen molar-refractivity contribution in [3.63, 3.8) is 0 Å². The number of fused-ring (bicyclic) bond motifs is 2. The number of aryl methyl sites for hydroxylation is 2. The fraction of sp³-hybridized carbons (Fsp3) is 0.409. The van der Waals surface area contributed by atoms with Gasteiger partial charge in [0.15, 0.2) is 0 Å². The van der Waals surface area contributed by atoms with Gasteiger partial charge in [0.1, 0.15) is 4.83 Å². The Hall–Kier alpha value is -2.87. The van der Waals surface area contributed by atoms with Crippen LogP contribution >= 0.6 is 11.3 Å². The lowest BCUT2D eigenvalue weighted by atomic mass is 10.0. The molecule has 8 heteroatoms. The monoisotopic (exact) mass is 425 g/mol. The van der Waals surface area contributed by atoms with E-state index in [4.69, 9.17) is 0 Å². The Morgan fingerprint density at radius 3 is 2.83 bits per heavy atom. The predicted molar refractivity (Wildman–Crippen MR) is 120 cm³/mol. The molecule has 0 bridgehead atoms. The Bertz CT molecular complexity index is 1080. The summed E-state index contributed by atoms with van der Waals surface area (Å²) < 4.78 is 1.96. The average Bonchev–Trinajstić information content (AvgIpc) is 3.28. The summed E-state index contributed by atoms with van der Waals surface area (Å²) in [6.07, 6.45) is 2.05. The summed E-state index contributed by atoms with van der Waals surface area (Å²) in [7, 11) is 0. The standard InChI is InChI=1S/C22H27N5O2S/c1-14(2)12-27-22-17(15(3)25-27)11-19(30-22)21(29)24-23-20(28)13-26-10-6-8-16-7-4-5-9-18(16)26/h4-5,7,9,11,14H,6,8,10,12-13H2,1-3H3,(H,23,28)(H,24,29). The minimum absolute atomic E-state index is 0.214. The van der Waals surface area contributed by atoms with Crippen LogP contribution in [-0.2, 0) is 17.8 Å². The summed E-state index contributed by atoms with van der Waals surface area (Å²) in [5.74, 6) is -0.0755. The highest BCUT2D eigenvalue weighted by molar-refractivity contribution is 7.20. The number of aromatic nitrogens is 2. The van der Waals surface area contributed by atoms with Gasteiger partial charge >= 0.3 is 0 Å². The molecule has 0 aliphatic carbocycles. The highest BCUT2D eigenvalue weighted by Crippen LogP contribution is 2.29. The van der Waals surface area contributed by atoms with Gasteiger partial charge in [-0.05, 0) is 43.4 Å². The molecule has 1 aliphatic heterocycles. The van der Waals surface area contributed by atoms with Crippen LogP contribution in [0.25, 0.3) is 10.2 Å². The molecule has 0 saturated carbocycles. The van der Waals surface area contributed by atoms with Crippen molar-refractivity contribution in [2.24, 2.45) is 5.92 Å². The molecule has 0 fully saturated rings. The molecule has 7 nitrogen and oxygen atoms in total. The van der Waals surface area contributed by atoms with Crippen LogP contribution in [0.1, 0.15) is 41.2 Å². The molecule has 1 aromatic carbocycles. The number of hydrazine groups is 1. The third-order valence-electron chi connectivity index (χ3n) is 5.23. The Kier molecular flexibility index (Phi) is 5.76. The van der Waals surface area contributed by atoms with Crippen LogP contribution in [0.5, 0.6) is 0 Å². The third-order valence-corrected chi connectivity index (χ3v) is 6.37. The molecule has 1 aliphatic rings. The number of carbonyl (C=O) groups excluding carboxylic acids is 2. The second kappa shape index (κ2) is 8.47. The number of nitrogens with one attached hydrogen (secondary N) is 2. The lowest BCUT2D eigenvalue weighted by Gasteiger charge is -2.30. The number of amides is 2. The van der Waals surface area contributed by atoms with Crippen LogP contribution in [0.4, 0.5) is 5.69 Å². The molecule has 0 atom stereocenters. The highest BCUT2D eigenvalue weighted by atomic mass is 32.1. The van der Waals surface area contributed by atoms with E-state index in [0.29, 0.717) is 10.8 Å². The molecule has 2 aromatic heterocycles. The first-order chi connectivity index (χ1) is 14.4. The molecule has 3 aromatic rings. The lowest BCUT2D eigenvalue weighted by Crippen LogP contribution is -2.47. The van der Waals surface area contributed by atoms with Crippen LogP contribution in [0.3, 0.4) is 0 Å². The van der Waals surface area contributed by atoms with Crippen LogP contribution in [0, 0.1) is 12.8 Å². The van der Waals surface area contributed by atoms with E-state index in [-0.39, 0.29) is 18.4 Å². The van der Waals surface area contributed by atoms with Gasteiger partial charge in [-0.25, -0.2) is 0 Å². The van der Waals surface area contributed by atoms with E-state index in [1.807, 2.05) is 35.9 Å². The molecule has 2 amide bonds. The first-order valence-corrected chi connectivity index (χ1v) is 11.1. The molecule has 3 heterocycles. The molecule has 0 saturated heterocycles. The van der Waals surface area contributed by atoms with Crippen LogP contribution < -0.4 is 15.8 Å². The Morgan fingerprint density at radius 2 is 2.03 bits per heavy atom. The topological polar surface area (TPSA) is 79.3 Å². The normalized spacial score (nSPS) is 13.5. The number of anilines is 1. The largest absolute Gasteiger partial charge is 0.362 e. The van der Waals surface area contributed by atoms with Crippen LogP contribution in [-0.4, -0.2) is 34.7 Å². The fourth-order valence-corrected chi connectivity index (χ4v) is 4.94. The van der Waals surface area contributed by atoms with Crippen molar-refractivity contribution in [2.75, 3.05) is 18.0 Å². The van der Waals surface area contributed by atoms with Gasteiger partial charge in [0.2, 0.25) is 0 Å². The Labute approximate surface area is 180 Å². The number of rotatable bonds is 5. The maximum atomic E-state index is 12.6. The Balaban J connectivity index is 1.38. The van der Waals surface area contributed by atoms with E-state index in [1.54, 1.807) is 0 Å². The summed E-state index contributed by atoms with van der Waals surface area (Å²) in [6, 6.07) is 10.0. The van der Waals surface area contributed by atoms with E-state index in [9.17, 15) is 9.59 Å². The number of nitrogens with zero attached hydrogens (tertiary/aromatic N) is 3. The summed E-state index contributed by atoms with van der Waals surface area (Å²) in [5.41, 5.74) is 8.39. The van der Waals surface area contributed by atoms with Gasteiger partial charge in [-0.1, -0.05) is 32.0 Å². The van der Waals surface area contributed by atoms with Gasteiger partial charge in [-0.15, -0.1) is 11.3 Å². The van der Waals surface area contributed by atoms with E-state index < -0.39 is 0 Å². The van der Waals surface area contributed by atoms with Crippen molar-refractivity contribution in [2.45, 2.75) is 40.2 Å². The van der Waals surface area contributed by atoms with Crippen molar-refractivity contribution in [1.82, 2.24) is 20.6 Å². The summed E-state index contributed by atoms with van der Waals surface area (Å²) in [4.78, 5) is 28.6. The zero-order valence-electron chi connectivity index (χ0n) is 17.6. The molecule has 0 spiro atoms. The smallest absolute Gasteiger partial charge is 0.279 e. The minimum Gasteiger partial charge on any atom is -0.362 e.